The highest BCUT2D eigenvalue weighted by Gasteiger charge is 2.31. The number of hydrogen-bond donors (Lipinski definition) is 1. The predicted molar refractivity (Wildman–Crippen MR) is 86.9 cm³/mol. The number of carbonyl (C=O) groups is 1. The summed E-state index contributed by atoms with van der Waals surface area (Å²) < 4.78 is 59.7. The molecule has 0 radical (unpaired) electrons. The van der Waals surface area contributed by atoms with Crippen LogP contribution in [0.5, 0.6) is 0 Å². The predicted octanol–water partition coefficient (Wildman–Crippen LogP) is -0.263. The van der Waals surface area contributed by atoms with Gasteiger partial charge in [0.25, 0.3) is 10.1 Å². The van der Waals surface area contributed by atoms with E-state index < -0.39 is 44.3 Å². The first kappa shape index (κ1) is 20.9. The molecule has 0 atom stereocenters. The van der Waals surface area contributed by atoms with Crippen LogP contribution in [0.3, 0.4) is 0 Å². The molecule has 1 aromatic rings. The van der Waals surface area contributed by atoms with Gasteiger partial charge in [-0.3, -0.25) is 0 Å². The maximum atomic E-state index is 12.1. The van der Waals surface area contributed by atoms with Crippen LogP contribution in [0.4, 0.5) is 5.69 Å². The van der Waals surface area contributed by atoms with Crippen molar-refractivity contribution < 1.29 is 39.9 Å². The second-order valence-electron chi connectivity index (χ2n) is 4.62. The lowest BCUT2D eigenvalue weighted by Crippen LogP contribution is -2.33. The Morgan fingerprint density at radius 2 is 1.64 bits per heavy atom. The van der Waals surface area contributed by atoms with Crippen LogP contribution < -0.4 is 5.06 Å². The third-order valence-electron chi connectivity index (χ3n) is 2.44. The smallest absolute Gasteiger partial charge is 0.360 e. The zero-order valence-electron chi connectivity index (χ0n) is 13.6. The molecule has 10 nitrogen and oxygen atoms in total. The minimum atomic E-state index is -4.15. The molecule has 0 amide bonds. The third-order valence-corrected chi connectivity index (χ3v) is 3.37. The van der Waals surface area contributed by atoms with Crippen molar-refractivity contribution in [2.24, 2.45) is 0 Å². The minimum Gasteiger partial charge on any atom is -0.464 e. The quantitative estimate of drug-likeness (QED) is 0.206. The molecule has 0 bridgehead atoms. The van der Waals surface area contributed by atoms with Crippen LogP contribution in [0.25, 0.3) is 0 Å². The molecule has 0 saturated carbocycles. The van der Waals surface area contributed by atoms with Gasteiger partial charge in [0.2, 0.25) is 0 Å². The molecule has 0 heterocycles. The van der Waals surface area contributed by atoms with Crippen molar-refractivity contribution >= 4 is 31.9 Å². The standard InChI is InChI=1S/C13H17NO9S2/c1-21-13(16)12(11(9-15)22-24(2,17)18)14(23-25(3,19)20)10-7-5-4-6-8-10/h4-8,15H,9H2,1-3H3/b12-11+. The maximum Gasteiger partial charge on any atom is 0.360 e. The van der Waals surface area contributed by atoms with Gasteiger partial charge in [-0.2, -0.15) is 21.9 Å². The van der Waals surface area contributed by atoms with Crippen molar-refractivity contribution in [1.82, 2.24) is 0 Å². The number of methoxy groups -OCH3 is 1. The number of aliphatic hydroxyl groups excluding tert-OH is 1. The molecule has 0 aromatic heterocycles. The average Bonchev–Trinajstić information content (AvgIpc) is 2.51. The van der Waals surface area contributed by atoms with Crippen LogP contribution in [0.2, 0.25) is 0 Å². The monoisotopic (exact) mass is 395 g/mol. The van der Waals surface area contributed by atoms with Crippen molar-refractivity contribution in [3.63, 3.8) is 0 Å². The van der Waals surface area contributed by atoms with Gasteiger partial charge in [-0.1, -0.05) is 18.2 Å². The number of esters is 1. The number of aliphatic hydroxyl groups is 1. The van der Waals surface area contributed by atoms with E-state index in [0.717, 1.165) is 7.11 Å². The lowest BCUT2D eigenvalue weighted by atomic mass is 10.2. The van der Waals surface area contributed by atoms with Crippen LogP contribution in [-0.2, 0) is 38.2 Å². The molecule has 25 heavy (non-hydrogen) atoms. The van der Waals surface area contributed by atoms with E-state index in [0.29, 0.717) is 17.6 Å². The van der Waals surface area contributed by atoms with E-state index in [-0.39, 0.29) is 5.69 Å². The second-order valence-corrected chi connectivity index (χ2v) is 7.75. The van der Waals surface area contributed by atoms with Gasteiger partial charge < -0.3 is 14.0 Å². The van der Waals surface area contributed by atoms with Crippen LogP contribution in [0.15, 0.2) is 41.8 Å². The summed E-state index contributed by atoms with van der Waals surface area (Å²) in [6, 6.07) is 7.40. The van der Waals surface area contributed by atoms with Crippen molar-refractivity contribution in [2.45, 2.75) is 0 Å². The SMILES string of the molecule is COC(=O)/C(=C(/CO)OS(C)(=O)=O)N(OS(C)(=O)=O)c1ccccc1. The molecular weight excluding hydrogens is 378 g/mol. The van der Waals surface area contributed by atoms with Crippen LogP contribution >= 0.6 is 0 Å². The van der Waals surface area contributed by atoms with Gasteiger partial charge >= 0.3 is 16.1 Å². The Bertz CT molecular complexity index is 845. The topological polar surface area (TPSA) is 137 Å². The molecule has 0 aliphatic heterocycles. The normalized spacial score (nSPS) is 13.0. The van der Waals surface area contributed by atoms with Gasteiger partial charge in [0.1, 0.15) is 6.61 Å². The third kappa shape index (κ3) is 6.70. The van der Waals surface area contributed by atoms with E-state index in [4.69, 9.17) is 4.28 Å². The van der Waals surface area contributed by atoms with Gasteiger partial charge in [-0.25, -0.2) is 4.79 Å². The van der Waals surface area contributed by atoms with Crippen molar-refractivity contribution in [3.05, 3.63) is 41.8 Å². The average molecular weight is 395 g/mol. The summed E-state index contributed by atoms with van der Waals surface area (Å²) in [6.45, 7) is -1.05. The molecule has 0 fully saturated rings. The number of nitrogens with zero attached hydrogens (tertiary/aromatic N) is 1. The van der Waals surface area contributed by atoms with Gasteiger partial charge in [-0.05, 0) is 12.1 Å². The maximum absolute atomic E-state index is 12.1. The van der Waals surface area contributed by atoms with E-state index in [2.05, 4.69) is 8.92 Å². The van der Waals surface area contributed by atoms with E-state index in [1.165, 1.54) is 24.3 Å². The Labute approximate surface area is 145 Å². The van der Waals surface area contributed by atoms with Crippen LogP contribution in [-0.4, -0.2) is 54.1 Å². The van der Waals surface area contributed by atoms with Gasteiger partial charge in [0.05, 0.1) is 25.3 Å². The van der Waals surface area contributed by atoms with E-state index in [1.807, 2.05) is 0 Å². The Morgan fingerprint density at radius 1 is 1.08 bits per heavy atom. The number of hydroxylamine groups is 1. The number of ether oxygens (including phenoxy) is 1. The lowest BCUT2D eigenvalue weighted by molar-refractivity contribution is -0.137. The van der Waals surface area contributed by atoms with Crippen LogP contribution in [0, 0.1) is 0 Å². The Morgan fingerprint density at radius 3 is 2.04 bits per heavy atom. The highest BCUT2D eigenvalue weighted by Crippen LogP contribution is 2.25. The summed E-state index contributed by atoms with van der Waals surface area (Å²) >= 11 is 0. The molecule has 1 rings (SSSR count). The fourth-order valence-corrected chi connectivity index (χ4v) is 2.57. The summed E-state index contributed by atoms with van der Waals surface area (Å²) in [5.74, 6) is -1.97. The highest BCUT2D eigenvalue weighted by atomic mass is 32.2. The number of carbonyl (C=O) groups excluding carboxylic acids is 1. The summed E-state index contributed by atoms with van der Waals surface area (Å²) in [4.78, 5) is 12.1. The first-order chi connectivity index (χ1) is 11.5. The Kier molecular flexibility index (Phi) is 6.93. The molecule has 0 unspecified atom stereocenters. The zero-order chi connectivity index (χ0) is 19.3. The first-order valence-electron chi connectivity index (χ1n) is 6.55. The van der Waals surface area contributed by atoms with Gasteiger partial charge in [0.15, 0.2) is 11.5 Å². The van der Waals surface area contributed by atoms with E-state index in [9.17, 15) is 26.7 Å². The fraction of sp³-hybridized carbons (Fsp3) is 0.308. The highest BCUT2D eigenvalue weighted by molar-refractivity contribution is 7.86. The van der Waals surface area contributed by atoms with Gasteiger partial charge in [-0.15, -0.1) is 4.28 Å². The lowest BCUT2D eigenvalue weighted by Gasteiger charge is -2.24. The summed E-state index contributed by atoms with van der Waals surface area (Å²) in [7, 11) is -7.31. The zero-order valence-corrected chi connectivity index (χ0v) is 15.2. The number of para-hydroxylation sites is 1. The van der Waals surface area contributed by atoms with Crippen LogP contribution in [0.1, 0.15) is 0 Å². The summed E-state index contributed by atoms with van der Waals surface area (Å²) in [5.41, 5.74) is -0.719. The molecule has 12 heteroatoms. The van der Waals surface area contributed by atoms with Crippen molar-refractivity contribution in [2.75, 3.05) is 31.3 Å². The molecule has 140 valence electrons. The molecule has 0 aliphatic carbocycles. The Hall–Kier alpha value is -2.15. The number of anilines is 1. The molecular formula is C13H17NO9S2. The number of rotatable bonds is 8. The second kappa shape index (κ2) is 8.29. The van der Waals surface area contributed by atoms with Crippen molar-refractivity contribution in [1.29, 1.82) is 0 Å². The molecule has 0 aliphatic rings. The first-order valence-corrected chi connectivity index (χ1v) is 10.2. The number of benzene rings is 1. The van der Waals surface area contributed by atoms with Crippen molar-refractivity contribution in [3.8, 4) is 0 Å². The number of hydrogen-bond acceptors (Lipinski definition) is 10. The van der Waals surface area contributed by atoms with E-state index >= 15 is 0 Å². The molecule has 1 N–H and O–H groups in total. The largest absolute Gasteiger partial charge is 0.464 e. The Balaban J connectivity index is 3.67. The van der Waals surface area contributed by atoms with E-state index in [1.54, 1.807) is 6.07 Å². The summed E-state index contributed by atoms with van der Waals surface area (Å²) in [5, 5.41) is 9.91. The fourth-order valence-electron chi connectivity index (χ4n) is 1.64. The molecule has 0 saturated heterocycles. The molecule has 1 aromatic carbocycles. The van der Waals surface area contributed by atoms with Gasteiger partial charge in [0, 0.05) is 0 Å². The minimum absolute atomic E-state index is 0.0383. The molecule has 0 spiro atoms. The summed E-state index contributed by atoms with van der Waals surface area (Å²) in [6.07, 6.45) is 1.40.